The number of carboxylic acids is 1. The summed E-state index contributed by atoms with van der Waals surface area (Å²) < 4.78 is 16.5. The van der Waals surface area contributed by atoms with E-state index in [0.717, 1.165) is 0 Å². The molecule has 1 aliphatic carbocycles. The average Bonchev–Trinajstić information content (AvgIpc) is 2.77. The van der Waals surface area contributed by atoms with Gasteiger partial charge in [-0.15, -0.1) is 0 Å². The maximum Gasteiger partial charge on any atom is 0.307 e. The number of nitrogens with one attached hydrogen (secondary N) is 1. The molecule has 0 saturated carbocycles. The Labute approximate surface area is 150 Å². The smallest absolute Gasteiger partial charge is 0.307 e. The molecule has 26 heavy (non-hydrogen) atoms. The van der Waals surface area contributed by atoms with Crippen LogP contribution in [0.5, 0.6) is 0 Å². The molecule has 0 aliphatic heterocycles. The number of aliphatic carboxylic acids is 1. The van der Waals surface area contributed by atoms with Crippen LogP contribution in [0.1, 0.15) is 32.8 Å². The van der Waals surface area contributed by atoms with Crippen molar-refractivity contribution < 1.29 is 19.1 Å². The highest BCUT2D eigenvalue weighted by atomic mass is 19.1. The lowest BCUT2D eigenvalue weighted by molar-refractivity contribution is -0.136. The van der Waals surface area contributed by atoms with Gasteiger partial charge in [0.15, 0.2) is 5.82 Å². The van der Waals surface area contributed by atoms with Crippen LogP contribution >= 0.6 is 0 Å². The molecule has 7 heteroatoms. The molecule has 0 bridgehead atoms. The second-order valence-corrected chi connectivity index (χ2v) is 7.48. The zero-order valence-electron chi connectivity index (χ0n) is 14.8. The number of rotatable bonds is 5. The summed E-state index contributed by atoms with van der Waals surface area (Å²) in [7, 11) is 0. The first-order valence-electron chi connectivity index (χ1n) is 8.26. The van der Waals surface area contributed by atoms with Crippen molar-refractivity contribution in [1.82, 2.24) is 9.55 Å². The van der Waals surface area contributed by atoms with E-state index in [4.69, 9.17) is 5.11 Å². The molecule has 0 radical (unpaired) electrons. The number of hydrogen-bond acceptors (Lipinski definition) is 3. The Hall–Kier alpha value is -2.96. The summed E-state index contributed by atoms with van der Waals surface area (Å²) in [6, 6.07) is 2.98. The van der Waals surface area contributed by atoms with Crippen LogP contribution in [0.3, 0.4) is 0 Å². The molecule has 3 rings (SSSR count). The van der Waals surface area contributed by atoms with Crippen LogP contribution in [0.4, 0.5) is 10.3 Å². The van der Waals surface area contributed by atoms with Gasteiger partial charge in [0.2, 0.25) is 11.9 Å². The Balaban J connectivity index is 2.07. The van der Waals surface area contributed by atoms with Gasteiger partial charge in [-0.1, -0.05) is 32.9 Å². The number of benzene rings is 1. The van der Waals surface area contributed by atoms with Crippen molar-refractivity contribution in [2.75, 3.05) is 5.32 Å². The van der Waals surface area contributed by atoms with E-state index in [1.807, 2.05) is 20.8 Å². The fourth-order valence-electron chi connectivity index (χ4n) is 2.79. The third-order valence-electron chi connectivity index (χ3n) is 3.91. The van der Waals surface area contributed by atoms with Crippen LogP contribution in [0.2, 0.25) is 0 Å². The number of nitrogens with zero attached hydrogens (tertiary/aromatic N) is 2. The molecular formula is C19H20FN3O3. The number of imidazole rings is 1. The van der Waals surface area contributed by atoms with Crippen LogP contribution in [-0.4, -0.2) is 26.5 Å². The fraction of sp³-hybridized carbons (Fsp3) is 0.316. The van der Waals surface area contributed by atoms with Gasteiger partial charge in [0.1, 0.15) is 5.52 Å². The Bertz CT molecular complexity index is 965. The van der Waals surface area contributed by atoms with Crippen LogP contribution in [0.25, 0.3) is 16.7 Å². The van der Waals surface area contributed by atoms with Gasteiger partial charge < -0.3 is 5.11 Å². The Morgan fingerprint density at radius 1 is 1.31 bits per heavy atom. The summed E-state index contributed by atoms with van der Waals surface area (Å²) in [5.41, 5.74) is 1.05. The van der Waals surface area contributed by atoms with Crippen molar-refractivity contribution in [3.05, 3.63) is 41.7 Å². The van der Waals surface area contributed by atoms with Gasteiger partial charge in [-0.2, -0.15) is 0 Å². The van der Waals surface area contributed by atoms with Crippen LogP contribution in [0, 0.1) is 11.2 Å². The summed E-state index contributed by atoms with van der Waals surface area (Å²) >= 11 is 0. The maximum atomic E-state index is 14.9. The number of halogens is 1. The summed E-state index contributed by atoms with van der Waals surface area (Å²) in [6.07, 6.45) is 5.19. The van der Waals surface area contributed by atoms with Gasteiger partial charge in [0.25, 0.3) is 0 Å². The van der Waals surface area contributed by atoms with Gasteiger partial charge >= 0.3 is 5.97 Å². The van der Waals surface area contributed by atoms with Crippen molar-refractivity contribution >= 4 is 34.6 Å². The van der Waals surface area contributed by atoms with Gasteiger partial charge in [0, 0.05) is 17.7 Å². The Morgan fingerprint density at radius 3 is 2.54 bits per heavy atom. The molecule has 1 aromatic carbocycles. The first-order valence-corrected chi connectivity index (χ1v) is 8.26. The normalized spacial score (nSPS) is 13.5. The minimum Gasteiger partial charge on any atom is -0.481 e. The number of carbonyl (C=O) groups is 2. The lowest BCUT2D eigenvalue weighted by atomic mass is 9.92. The number of carboxylic acid groups (broad SMARTS) is 1. The molecule has 1 amide bonds. The third kappa shape index (κ3) is 3.51. The Morgan fingerprint density at radius 2 is 2.00 bits per heavy atom. The average molecular weight is 357 g/mol. The van der Waals surface area contributed by atoms with Crippen molar-refractivity contribution in [2.24, 2.45) is 5.41 Å². The van der Waals surface area contributed by atoms with Gasteiger partial charge in [-0.3, -0.25) is 19.5 Å². The molecule has 6 nitrogen and oxygen atoms in total. The standard InChI is InChI=1S/C19H20FN3O3/c1-19(2,3)10-14(24)22-18-21-13-8-7-11(9-15(25)26)16(20)17(13)23(18)12-5-4-6-12/h4-8H,9-10H2,1-3H3,(H,25,26)(H,21,22,24). The molecule has 2 aromatic rings. The van der Waals surface area contributed by atoms with E-state index in [9.17, 15) is 14.0 Å². The SMILES string of the molecule is CC(C)(C)CC(=O)Nc1nc2ccc(CC(=O)O)c(F)c2n1C1=CC=C1. The van der Waals surface area contributed by atoms with Crippen molar-refractivity contribution in [2.45, 2.75) is 33.6 Å². The zero-order chi connectivity index (χ0) is 19.1. The predicted octanol–water partition coefficient (Wildman–Crippen LogP) is 3.59. The lowest BCUT2D eigenvalue weighted by Crippen LogP contribution is -2.21. The van der Waals surface area contributed by atoms with Gasteiger partial charge in [-0.05, 0) is 23.6 Å². The highest BCUT2D eigenvalue weighted by Gasteiger charge is 2.23. The topological polar surface area (TPSA) is 84.2 Å². The van der Waals surface area contributed by atoms with Crippen LogP contribution in [-0.2, 0) is 16.0 Å². The number of hydrogen-bond donors (Lipinski definition) is 2. The van der Waals surface area contributed by atoms with Crippen molar-refractivity contribution in [3.63, 3.8) is 0 Å². The lowest BCUT2D eigenvalue weighted by Gasteiger charge is -2.18. The van der Waals surface area contributed by atoms with E-state index in [1.165, 1.54) is 10.6 Å². The highest BCUT2D eigenvalue weighted by Crippen LogP contribution is 2.31. The first kappa shape index (κ1) is 17.8. The first-order chi connectivity index (χ1) is 12.2. The molecule has 0 saturated heterocycles. The maximum absolute atomic E-state index is 14.9. The van der Waals surface area contributed by atoms with Crippen molar-refractivity contribution in [3.8, 4) is 0 Å². The number of fused-ring (bicyclic) bond motifs is 1. The van der Waals surface area contributed by atoms with E-state index >= 15 is 0 Å². The highest BCUT2D eigenvalue weighted by molar-refractivity contribution is 5.95. The van der Waals surface area contributed by atoms with E-state index in [2.05, 4.69) is 10.3 Å². The monoisotopic (exact) mass is 357 g/mol. The molecule has 0 spiro atoms. The van der Waals surface area contributed by atoms with E-state index in [0.29, 0.717) is 11.2 Å². The molecule has 0 fully saturated rings. The molecule has 1 aliphatic rings. The number of anilines is 1. The van der Waals surface area contributed by atoms with Crippen LogP contribution < -0.4 is 5.32 Å². The number of aromatic nitrogens is 2. The van der Waals surface area contributed by atoms with Gasteiger partial charge in [-0.25, -0.2) is 9.37 Å². The summed E-state index contributed by atoms with van der Waals surface area (Å²) in [5, 5.41) is 11.7. The van der Waals surface area contributed by atoms with E-state index in [1.54, 1.807) is 24.3 Å². The molecule has 1 heterocycles. The second kappa shape index (κ2) is 6.40. The quantitative estimate of drug-likeness (QED) is 0.856. The second-order valence-electron chi connectivity index (χ2n) is 7.48. The zero-order valence-corrected chi connectivity index (χ0v) is 14.8. The van der Waals surface area contributed by atoms with Gasteiger partial charge in [0.05, 0.1) is 11.9 Å². The summed E-state index contributed by atoms with van der Waals surface area (Å²) in [5.74, 6) is -1.76. The molecule has 0 unspecified atom stereocenters. The molecular weight excluding hydrogens is 337 g/mol. The minimum atomic E-state index is -1.12. The predicted molar refractivity (Wildman–Crippen MR) is 97.1 cm³/mol. The minimum absolute atomic E-state index is 0.0719. The number of allylic oxidation sites excluding steroid dienone is 4. The summed E-state index contributed by atoms with van der Waals surface area (Å²) in [4.78, 5) is 27.6. The number of carbonyl (C=O) groups excluding carboxylic acids is 1. The molecule has 1 aromatic heterocycles. The molecule has 136 valence electrons. The fourth-order valence-corrected chi connectivity index (χ4v) is 2.79. The molecule has 0 atom stereocenters. The number of amides is 1. The van der Waals surface area contributed by atoms with Crippen LogP contribution in [0.15, 0.2) is 30.4 Å². The van der Waals surface area contributed by atoms with E-state index < -0.39 is 18.2 Å². The largest absolute Gasteiger partial charge is 0.481 e. The van der Waals surface area contributed by atoms with Crippen molar-refractivity contribution in [1.29, 1.82) is 0 Å². The summed E-state index contributed by atoms with van der Waals surface area (Å²) in [6.45, 7) is 5.85. The van der Waals surface area contributed by atoms with E-state index in [-0.39, 0.29) is 34.8 Å². The molecule has 2 N–H and O–H groups in total. The Kier molecular flexibility index (Phi) is 4.39. The third-order valence-corrected chi connectivity index (χ3v) is 3.91.